The largest absolute Gasteiger partial charge is 0.494 e. The fourth-order valence-electron chi connectivity index (χ4n) is 1.86. The van der Waals surface area contributed by atoms with Gasteiger partial charge in [0, 0.05) is 17.3 Å². The van der Waals surface area contributed by atoms with Crippen LogP contribution in [0, 0.1) is 0 Å². The zero-order valence-electron chi connectivity index (χ0n) is 12.1. The van der Waals surface area contributed by atoms with Crippen molar-refractivity contribution in [3.63, 3.8) is 0 Å². The van der Waals surface area contributed by atoms with Crippen molar-refractivity contribution in [2.45, 2.75) is 26.7 Å². The maximum Gasteiger partial charge on any atom is 0.161 e. The van der Waals surface area contributed by atoms with Crippen molar-refractivity contribution in [3.05, 3.63) is 36.0 Å². The van der Waals surface area contributed by atoms with Gasteiger partial charge in [-0.15, -0.1) is 0 Å². The molecule has 0 radical (unpaired) electrons. The van der Waals surface area contributed by atoms with Gasteiger partial charge in [-0.2, -0.15) is 0 Å². The number of hydrogen-bond donors (Lipinski definition) is 2. The molecule has 0 aliphatic rings. The van der Waals surface area contributed by atoms with Gasteiger partial charge in [-0.05, 0) is 25.0 Å². The summed E-state index contributed by atoms with van der Waals surface area (Å²) in [5.74, 6) is 7.85. The summed E-state index contributed by atoms with van der Waals surface area (Å²) in [6, 6.07) is 9.61. The van der Waals surface area contributed by atoms with Crippen LogP contribution in [0.15, 0.2) is 30.3 Å². The zero-order chi connectivity index (χ0) is 14.5. The Morgan fingerprint density at radius 2 is 2.05 bits per heavy atom. The average molecular weight is 272 g/mol. The predicted molar refractivity (Wildman–Crippen MR) is 80.5 cm³/mol. The number of ether oxygens (including phenoxy) is 1. The van der Waals surface area contributed by atoms with Crippen molar-refractivity contribution >= 4 is 5.82 Å². The van der Waals surface area contributed by atoms with Crippen LogP contribution in [0.3, 0.4) is 0 Å². The molecule has 2 aromatic rings. The highest BCUT2D eigenvalue weighted by molar-refractivity contribution is 5.59. The first-order chi connectivity index (χ1) is 9.63. The Morgan fingerprint density at radius 3 is 2.70 bits per heavy atom. The van der Waals surface area contributed by atoms with Crippen LogP contribution in [-0.4, -0.2) is 16.6 Å². The lowest BCUT2D eigenvalue weighted by atomic mass is 10.1. The van der Waals surface area contributed by atoms with Crippen LogP contribution in [0.1, 0.15) is 32.4 Å². The quantitative estimate of drug-likeness (QED) is 0.646. The van der Waals surface area contributed by atoms with E-state index >= 15 is 0 Å². The van der Waals surface area contributed by atoms with E-state index < -0.39 is 0 Å². The maximum absolute atomic E-state index is 5.51. The van der Waals surface area contributed by atoms with Gasteiger partial charge in [0.15, 0.2) is 5.82 Å². The fraction of sp³-hybridized carbons (Fsp3) is 0.333. The molecule has 0 aliphatic heterocycles. The molecule has 0 amide bonds. The summed E-state index contributed by atoms with van der Waals surface area (Å²) in [6.45, 7) is 6.76. The van der Waals surface area contributed by atoms with Crippen LogP contribution in [0.4, 0.5) is 5.82 Å². The second-order valence-electron chi connectivity index (χ2n) is 4.76. The minimum atomic E-state index is 0.305. The molecule has 1 heterocycles. The van der Waals surface area contributed by atoms with E-state index in [0.717, 1.165) is 17.0 Å². The van der Waals surface area contributed by atoms with Gasteiger partial charge < -0.3 is 10.2 Å². The lowest BCUT2D eigenvalue weighted by Gasteiger charge is -2.11. The molecule has 3 N–H and O–H groups in total. The van der Waals surface area contributed by atoms with E-state index in [-0.39, 0.29) is 0 Å². The SMILES string of the molecule is CCOc1cccc(-c2nc(NN)cc(C(C)C)n2)c1. The second kappa shape index (κ2) is 6.34. The third-order valence-electron chi connectivity index (χ3n) is 2.89. The molecule has 106 valence electrons. The molecule has 2 rings (SSSR count). The van der Waals surface area contributed by atoms with E-state index in [0.29, 0.717) is 24.2 Å². The molecule has 5 heteroatoms. The van der Waals surface area contributed by atoms with E-state index in [2.05, 4.69) is 29.2 Å². The van der Waals surface area contributed by atoms with Gasteiger partial charge in [0.25, 0.3) is 0 Å². The van der Waals surface area contributed by atoms with Crippen molar-refractivity contribution in [2.75, 3.05) is 12.0 Å². The summed E-state index contributed by atoms with van der Waals surface area (Å²) in [7, 11) is 0. The minimum Gasteiger partial charge on any atom is -0.494 e. The number of nitrogens with zero attached hydrogens (tertiary/aromatic N) is 2. The van der Waals surface area contributed by atoms with Gasteiger partial charge in [0.1, 0.15) is 11.6 Å². The smallest absolute Gasteiger partial charge is 0.161 e. The van der Waals surface area contributed by atoms with Gasteiger partial charge >= 0.3 is 0 Å². The maximum atomic E-state index is 5.51. The molecule has 1 aromatic carbocycles. The molecular formula is C15H20N4O. The number of aromatic nitrogens is 2. The highest BCUT2D eigenvalue weighted by Gasteiger charge is 2.09. The topological polar surface area (TPSA) is 73.1 Å². The number of anilines is 1. The molecule has 5 nitrogen and oxygen atoms in total. The third-order valence-corrected chi connectivity index (χ3v) is 2.89. The molecule has 0 bridgehead atoms. The van der Waals surface area contributed by atoms with Crippen LogP contribution in [0.5, 0.6) is 5.75 Å². The van der Waals surface area contributed by atoms with Crippen molar-refractivity contribution in [3.8, 4) is 17.1 Å². The summed E-state index contributed by atoms with van der Waals surface area (Å²) >= 11 is 0. The number of hydrogen-bond acceptors (Lipinski definition) is 5. The molecule has 0 aliphatic carbocycles. The first-order valence-electron chi connectivity index (χ1n) is 6.73. The van der Waals surface area contributed by atoms with E-state index in [1.165, 1.54) is 0 Å². The Hall–Kier alpha value is -2.14. The molecule has 1 aromatic heterocycles. The number of nitrogens with one attached hydrogen (secondary N) is 1. The predicted octanol–water partition coefficient (Wildman–Crippen LogP) is 2.95. The highest BCUT2D eigenvalue weighted by Crippen LogP contribution is 2.24. The number of benzene rings is 1. The van der Waals surface area contributed by atoms with Crippen molar-refractivity contribution in [2.24, 2.45) is 5.84 Å². The molecule has 0 spiro atoms. The summed E-state index contributed by atoms with van der Waals surface area (Å²) in [5, 5.41) is 0. The Bertz CT molecular complexity index is 584. The Labute approximate surface area is 119 Å². The fourth-order valence-corrected chi connectivity index (χ4v) is 1.86. The average Bonchev–Trinajstić information content (AvgIpc) is 2.47. The molecular weight excluding hydrogens is 252 g/mol. The van der Waals surface area contributed by atoms with Gasteiger partial charge in [-0.3, -0.25) is 0 Å². The number of rotatable bonds is 5. The lowest BCUT2D eigenvalue weighted by molar-refractivity contribution is 0.340. The summed E-state index contributed by atoms with van der Waals surface area (Å²) < 4.78 is 5.51. The van der Waals surface area contributed by atoms with E-state index in [1.807, 2.05) is 37.3 Å². The molecule has 0 unspecified atom stereocenters. The summed E-state index contributed by atoms with van der Waals surface area (Å²) in [6.07, 6.45) is 0. The molecule has 0 fully saturated rings. The van der Waals surface area contributed by atoms with Crippen molar-refractivity contribution < 1.29 is 4.74 Å². The normalized spacial score (nSPS) is 10.7. The monoisotopic (exact) mass is 272 g/mol. The third kappa shape index (κ3) is 3.24. The molecule has 0 saturated carbocycles. The Morgan fingerprint density at radius 1 is 1.25 bits per heavy atom. The van der Waals surface area contributed by atoms with Gasteiger partial charge in [-0.25, -0.2) is 15.8 Å². The summed E-state index contributed by atoms with van der Waals surface area (Å²) in [5.41, 5.74) is 4.45. The molecule has 0 atom stereocenters. The Kier molecular flexibility index (Phi) is 4.53. The number of nitrogen functional groups attached to an aromatic ring is 1. The summed E-state index contributed by atoms with van der Waals surface area (Å²) in [4.78, 5) is 8.99. The molecule has 20 heavy (non-hydrogen) atoms. The van der Waals surface area contributed by atoms with E-state index in [4.69, 9.17) is 10.6 Å². The van der Waals surface area contributed by atoms with E-state index in [9.17, 15) is 0 Å². The van der Waals surface area contributed by atoms with Crippen molar-refractivity contribution in [1.82, 2.24) is 9.97 Å². The van der Waals surface area contributed by atoms with Gasteiger partial charge in [-0.1, -0.05) is 26.0 Å². The standard InChI is InChI=1S/C15H20N4O/c1-4-20-12-7-5-6-11(8-12)15-17-13(10(2)3)9-14(18-15)19-16/h5-10H,4,16H2,1-3H3,(H,17,18,19). The van der Waals surface area contributed by atoms with Gasteiger partial charge in [0.2, 0.25) is 0 Å². The number of hydrazine groups is 1. The van der Waals surface area contributed by atoms with Crippen LogP contribution >= 0.6 is 0 Å². The number of nitrogens with two attached hydrogens (primary N) is 1. The second-order valence-corrected chi connectivity index (χ2v) is 4.76. The first-order valence-corrected chi connectivity index (χ1v) is 6.73. The minimum absolute atomic E-state index is 0.305. The lowest BCUT2D eigenvalue weighted by Crippen LogP contribution is -2.11. The highest BCUT2D eigenvalue weighted by atomic mass is 16.5. The first kappa shape index (κ1) is 14.3. The van der Waals surface area contributed by atoms with Crippen LogP contribution in [0.2, 0.25) is 0 Å². The Balaban J connectivity index is 2.45. The van der Waals surface area contributed by atoms with Crippen LogP contribution in [0.25, 0.3) is 11.4 Å². The van der Waals surface area contributed by atoms with E-state index in [1.54, 1.807) is 0 Å². The van der Waals surface area contributed by atoms with Crippen molar-refractivity contribution in [1.29, 1.82) is 0 Å². The van der Waals surface area contributed by atoms with Gasteiger partial charge in [0.05, 0.1) is 6.61 Å². The molecule has 0 saturated heterocycles. The zero-order valence-corrected chi connectivity index (χ0v) is 12.1. The van der Waals surface area contributed by atoms with Crippen LogP contribution < -0.4 is 16.0 Å². The van der Waals surface area contributed by atoms with Crippen LogP contribution in [-0.2, 0) is 0 Å².